The highest BCUT2D eigenvalue weighted by atomic mass is 35.5. The van der Waals surface area contributed by atoms with Crippen LogP contribution in [0.1, 0.15) is 12.0 Å². The number of hydrogen-bond donors (Lipinski definition) is 1. The van der Waals surface area contributed by atoms with Crippen LogP contribution in [0.3, 0.4) is 0 Å². The molecule has 0 atom stereocenters. The van der Waals surface area contributed by atoms with Crippen molar-refractivity contribution < 1.29 is 4.74 Å². The van der Waals surface area contributed by atoms with Crippen LogP contribution in [0.2, 0.25) is 0 Å². The number of aromatic nitrogens is 1. The smallest absolute Gasteiger partial charge is 0.0586 e. The normalized spacial score (nSPS) is 20.4. The molecule has 2 heterocycles. The van der Waals surface area contributed by atoms with Crippen molar-refractivity contribution in [3.05, 3.63) is 24.0 Å². The molecule has 0 saturated carbocycles. The molecule has 1 aliphatic heterocycles. The lowest BCUT2D eigenvalue weighted by Crippen LogP contribution is -2.46. The van der Waals surface area contributed by atoms with Gasteiger partial charge < -0.3 is 9.72 Å². The molecule has 2 rings (SSSR count). The summed E-state index contributed by atoms with van der Waals surface area (Å²) in [4.78, 5) is 3.06. The molecule has 0 unspecified atom stereocenters. The Bertz CT molecular complexity index is 241. The second-order valence-electron chi connectivity index (χ2n) is 3.31. The van der Waals surface area contributed by atoms with Gasteiger partial charge in [0, 0.05) is 23.7 Å². The number of hydrogen-bond acceptors (Lipinski definition) is 1. The minimum atomic E-state index is 0.210. The van der Waals surface area contributed by atoms with Gasteiger partial charge in [0.1, 0.15) is 0 Å². The van der Waals surface area contributed by atoms with E-state index < -0.39 is 0 Å². The summed E-state index contributed by atoms with van der Waals surface area (Å²) in [6, 6.07) is 2.11. The van der Waals surface area contributed by atoms with Crippen molar-refractivity contribution >= 4 is 11.6 Å². The molecule has 0 spiro atoms. The summed E-state index contributed by atoms with van der Waals surface area (Å²) in [6.45, 7) is 1.63. The molecule has 0 radical (unpaired) electrons. The molecule has 1 aliphatic rings. The van der Waals surface area contributed by atoms with Gasteiger partial charge in [0.15, 0.2) is 0 Å². The van der Waals surface area contributed by atoms with Crippen molar-refractivity contribution in [2.24, 2.45) is 0 Å². The van der Waals surface area contributed by atoms with Crippen molar-refractivity contribution in [3.63, 3.8) is 0 Å². The topological polar surface area (TPSA) is 25.0 Å². The average molecular weight is 186 g/mol. The van der Waals surface area contributed by atoms with Crippen LogP contribution < -0.4 is 0 Å². The van der Waals surface area contributed by atoms with Crippen LogP contribution in [0.15, 0.2) is 18.5 Å². The van der Waals surface area contributed by atoms with Crippen LogP contribution >= 0.6 is 11.6 Å². The van der Waals surface area contributed by atoms with Crippen molar-refractivity contribution in [2.45, 2.75) is 11.8 Å². The van der Waals surface area contributed by atoms with Crippen molar-refractivity contribution in [1.82, 2.24) is 4.98 Å². The van der Waals surface area contributed by atoms with Gasteiger partial charge in [0.05, 0.1) is 13.2 Å². The van der Waals surface area contributed by atoms with E-state index in [-0.39, 0.29) is 5.41 Å². The molecular formula is C9H12ClNO. The highest BCUT2D eigenvalue weighted by Gasteiger charge is 2.39. The van der Waals surface area contributed by atoms with Gasteiger partial charge in [-0.25, -0.2) is 0 Å². The summed E-state index contributed by atoms with van der Waals surface area (Å²) >= 11 is 5.75. The van der Waals surface area contributed by atoms with Crippen LogP contribution in [0, 0.1) is 0 Å². The van der Waals surface area contributed by atoms with E-state index in [0.717, 1.165) is 19.6 Å². The van der Waals surface area contributed by atoms with E-state index >= 15 is 0 Å². The predicted octanol–water partition coefficient (Wildman–Crippen LogP) is 1.91. The van der Waals surface area contributed by atoms with Gasteiger partial charge in [-0.3, -0.25) is 0 Å². The maximum atomic E-state index is 5.75. The number of rotatable bonds is 3. The first-order valence-corrected chi connectivity index (χ1v) is 4.68. The summed E-state index contributed by atoms with van der Waals surface area (Å²) in [5.41, 5.74) is 1.54. The first-order chi connectivity index (χ1) is 5.87. The second-order valence-corrected chi connectivity index (χ2v) is 3.69. The molecule has 12 heavy (non-hydrogen) atoms. The Kier molecular flexibility index (Phi) is 2.11. The predicted molar refractivity (Wildman–Crippen MR) is 48.6 cm³/mol. The summed E-state index contributed by atoms with van der Waals surface area (Å²) in [5, 5.41) is 0. The lowest BCUT2D eigenvalue weighted by atomic mass is 9.78. The third-order valence-corrected chi connectivity index (χ3v) is 2.73. The Morgan fingerprint density at radius 1 is 1.58 bits per heavy atom. The quantitative estimate of drug-likeness (QED) is 0.716. The maximum absolute atomic E-state index is 5.75. The first kappa shape index (κ1) is 8.14. The number of H-pyrrole nitrogens is 1. The van der Waals surface area contributed by atoms with E-state index in [2.05, 4.69) is 11.1 Å². The molecule has 1 saturated heterocycles. The number of halogens is 1. The Labute approximate surface area is 76.9 Å². The van der Waals surface area contributed by atoms with E-state index in [1.54, 1.807) is 0 Å². The number of ether oxygens (including phenoxy) is 1. The molecule has 1 N–H and O–H groups in total. The van der Waals surface area contributed by atoms with Crippen molar-refractivity contribution in [2.75, 3.05) is 19.1 Å². The number of alkyl halides is 1. The Balaban J connectivity index is 2.17. The zero-order valence-electron chi connectivity index (χ0n) is 6.85. The van der Waals surface area contributed by atoms with Gasteiger partial charge in [0.25, 0.3) is 0 Å². The Morgan fingerprint density at radius 3 is 2.83 bits per heavy atom. The molecule has 0 aromatic carbocycles. The van der Waals surface area contributed by atoms with Gasteiger partial charge in [-0.2, -0.15) is 0 Å². The summed E-state index contributed by atoms with van der Waals surface area (Å²) in [6.07, 6.45) is 4.99. The summed E-state index contributed by atoms with van der Waals surface area (Å²) in [5.74, 6) is 0.703. The van der Waals surface area contributed by atoms with Gasteiger partial charge in [-0.05, 0) is 18.1 Å². The highest BCUT2D eigenvalue weighted by molar-refractivity contribution is 6.17. The fraction of sp³-hybridized carbons (Fsp3) is 0.556. The zero-order chi connectivity index (χ0) is 8.44. The van der Waals surface area contributed by atoms with Gasteiger partial charge >= 0.3 is 0 Å². The minimum absolute atomic E-state index is 0.210. The molecule has 1 aromatic rings. The van der Waals surface area contributed by atoms with E-state index in [4.69, 9.17) is 16.3 Å². The lowest BCUT2D eigenvalue weighted by molar-refractivity contribution is -0.0615. The summed E-state index contributed by atoms with van der Waals surface area (Å²) < 4.78 is 5.24. The highest BCUT2D eigenvalue weighted by Crippen LogP contribution is 2.35. The average Bonchev–Trinajstić information content (AvgIpc) is 2.48. The largest absolute Gasteiger partial charge is 0.379 e. The standard InChI is InChI=1S/C9H12ClNO/c10-3-2-9(6-12-7-9)8-1-4-11-5-8/h1,4-5,11H,2-3,6-7H2. The third-order valence-electron chi connectivity index (χ3n) is 2.54. The van der Waals surface area contributed by atoms with Crippen LogP contribution in [0.5, 0.6) is 0 Å². The third kappa shape index (κ3) is 1.15. The van der Waals surface area contributed by atoms with E-state index in [9.17, 15) is 0 Å². The zero-order valence-corrected chi connectivity index (χ0v) is 7.60. The van der Waals surface area contributed by atoms with E-state index in [1.165, 1.54) is 5.56 Å². The van der Waals surface area contributed by atoms with Gasteiger partial charge in [-0.1, -0.05) is 0 Å². The molecule has 66 valence electrons. The fourth-order valence-corrected chi connectivity index (χ4v) is 2.00. The van der Waals surface area contributed by atoms with Crippen LogP contribution in [-0.4, -0.2) is 24.1 Å². The Morgan fingerprint density at radius 2 is 2.42 bits per heavy atom. The maximum Gasteiger partial charge on any atom is 0.0586 e. The van der Waals surface area contributed by atoms with Crippen molar-refractivity contribution in [1.29, 1.82) is 0 Å². The van der Waals surface area contributed by atoms with E-state index in [0.29, 0.717) is 5.88 Å². The molecule has 1 fully saturated rings. The van der Waals surface area contributed by atoms with Gasteiger partial charge in [-0.15, -0.1) is 11.6 Å². The summed E-state index contributed by atoms with van der Waals surface area (Å²) in [7, 11) is 0. The SMILES string of the molecule is ClCCC1(c2cc[nH]c2)COC1. The molecular weight excluding hydrogens is 174 g/mol. The number of nitrogens with one attached hydrogen (secondary N) is 1. The van der Waals surface area contributed by atoms with Crippen LogP contribution in [0.4, 0.5) is 0 Å². The molecule has 0 bridgehead atoms. The first-order valence-electron chi connectivity index (χ1n) is 4.14. The van der Waals surface area contributed by atoms with Crippen LogP contribution in [0.25, 0.3) is 0 Å². The Hall–Kier alpha value is -0.470. The van der Waals surface area contributed by atoms with Gasteiger partial charge in [0.2, 0.25) is 0 Å². The lowest BCUT2D eigenvalue weighted by Gasteiger charge is -2.40. The minimum Gasteiger partial charge on any atom is -0.379 e. The second kappa shape index (κ2) is 3.11. The molecule has 2 nitrogen and oxygen atoms in total. The molecule has 0 amide bonds. The fourth-order valence-electron chi connectivity index (χ4n) is 1.64. The van der Waals surface area contributed by atoms with E-state index in [1.807, 2.05) is 12.4 Å². The monoisotopic (exact) mass is 185 g/mol. The van der Waals surface area contributed by atoms with Crippen molar-refractivity contribution in [3.8, 4) is 0 Å². The van der Waals surface area contributed by atoms with Crippen LogP contribution in [-0.2, 0) is 10.2 Å². The molecule has 1 aromatic heterocycles. The molecule has 0 aliphatic carbocycles. The molecule has 3 heteroatoms. The number of aromatic amines is 1.